The molecule has 1 aliphatic carbocycles. The predicted octanol–water partition coefficient (Wildman–Crippen LogP) is 1.26. The van der Waals surface area contributed by atoms with E-state index in [0.717, 1.165) is 31.4 Å². The zero-order chi connectivity index (χ0) is 14.0. The number of nitrogens with one attached hydrogen (secondary N) is 1. The van der Waals surface area contributed by atoms with E-state index in [2.05, 4.69) is 4.72 Å². The van der Waals surface area contributed by atoms with Gasteiger partial charge in [0.15, 0.2) is 4.90 Å². The highest BCUT2D eigenvalue weighted by molar-refractivity contribution is 7.89. The second-order valence-electron chi connectivity index (χ2n) is 4.63. The van der Waals surface area contributed by atoms with E-state index in [-0.39, 0.29) is 10.6 Å². The molecule has 0 spiro atoms. The predicted molar refractivity (Wildman–Crippen MR) is 70.0 cm³/mol. The van der Waals surface area contributed by atoms with Crippen molar-refractivity contribution in [3.05, 3.63) is 28.3 Å². The van der Waals surface area contributed by atoms with Gasteiger partial charge in [0.1, 0.15) is 0 Å². The molecule has 0 radical (unpaired) electrons. The van der Waals surface area contributed by atoms with Crippen molar-refractivity contribution in [3.8, 4) is 0 Å². The number of nitro groups is 1. The van der Waals surface area contributed by atoms with Gasteiger partial charge in [-0.05, 0) is 30.9 Å². The number of sulfonamides is 1. The molecule has 1 aliphatic rings. The molecule has 0 bridgehead atoms. The third-order valence-corrected chi connectivity index (χ3v) is 4.73. The Hall–Kier alpha value is -1.67. The molecule has 7 nitrogen and oxygen atoms in total. The Bertz CT molecular complexity index is 596. The monoisotopic (exact) mass is 285 g/mol. The van der Waals surface area contributed by atoms with E-state index >= 15 is 0 Å². The van der Waals surface area contributed by atoms with Crippen LogP contribution in [0.3, 0.4) is 0 Å². The van der Waals surface area contributed by atoms with Gasteiger partial charge < -0.3 is 5.73 Å². The smallest absolute Gasteiger partial charge is 0.291 e. The summed E-state index contributed by atoms with van der Waals surface area (Å²) in [7, 11) is -3.87. The largest absolute Gasteiger partial charge is 0.399 e. The highest BCUT2D eigenvalue weighted by Crippen LogP contribution is 2.28. The van der Waals surface area contributed by atoms with Crippen LogP contribution in [0.25, 0.3) is 0 Å². The van der Waals surface area contributed by atoms with Crippen molar-refractivity contribution in [2.75, 3.05) is 12.3 Å². The molecule has 0 aromatic heterocycles. The molecule has 1 fully saturated rings. The van der Waals surface area contributed by atoms with Crippen LogP contribution in [0.1, 0.15) is 19.3 Å². The maximum Gasteiger partial charge on any atom is 0.291 e. The van der Waals surface area contributed by atoms with Crippen LogP contribution in [0.4, 0.5) is 11.4 Å². The third-order valence-electron chi connectivity index (χ3n) is 3.26. The van der Waals surface area contributed by atoms with Gasteiger partial charge in [-0.3, -0.25) is 10.1 Å². The molecule has 19 heavy (non-hydrogen) atoms. The van der Waals surface area contributed by atoms with Crippen LogP contribution in [0, 0.1) is 16.0 Å². The van der Waals surface area contributed by atoms with Gasteiger partial charge >= 0.3 is 0 Å². The highest BCUT2D eigenvalue weighted by atomic mass is 32.2. The summed E-state index contributed by atoms with van der Waals surface area (Å²) in [6, 6.07) is 3.55. The number of hydrogen-bond donors (Lipinski definition) is 2. The number of nitrogens with zero attached hydrogens (tertiary/aromatic N) is 1. The summed E-state index contributed by atoms with van der Waals surface area (Å²) in [5.41, 5.74) is 5.10. The molecule has 0 atom stereocenters. The van der Waals surface area contributed by atoms with Crippen molar-refractivity contribution < 1.29 is 13.3 Å². The van der Waals surface area contributed by atoms with E-state index in [9.17, 15) is 18.5 Å². The fraction of sp³-hybridized carbons (Fsp3) is 0.455. The number of nitrogens with two attached hydrogens (primary N) is 1. The molecule has 0 amide bonds. The Morgan fingerprint density at radius 1 is 1.42 bits per heavy atom. The first kappa shape index (κ1) is 13.8. The van der Waals surface area contributed by atoms with Gasteiger partial charge in [0.25, 0.3) is 5.69 Å². The Morgan fingerprint density at radius 2 is 2.11 bits per heavy atom. The highest BCUT2D eigenvalue weighted by Gasteiger charge is 2.27. The average molecular weight is 285 g/mol. The van der Waals surface area contributed by atoms with Crippen LogP contribution in [0.5, 0.6) is 0 Å². The summed E-state index contributed by atoms with van der Waals surface area (Å²) >= 11 is 0. The maximum absolute atomic E-state index is 12.1. The molecule has 2 rings (SSSR count). The Morgan fingerprint density at radius 3 is 2.63 bits per heavy atom. The van der Waals surface area contributed by atoms with E-state index in [4.69, 9.17) is 5.73 Å². The molecular formula is C11H15N3O4S. The number of rotatable bonds is 5. The van der Waals surface area contributed by atoms with Crippen LogP contribution in [0.2, 0.25) is 0 Å². The molecule has 1 saturated carbocycles. The zero-order valence-corrected chi connectivity index (χ0v) is 11.0. The normalized spacial score (nSPS) is 16.0. The molecule has 0 aliphatic heterocycles. The van der Waals surface area contributed by atoms with Gasteiger partial charge in [-0.2, -0.15) is 0 Å². The van der Waals surface area contributed by atoms with Crippen LogP contribution in [0.15, 0.2) is 23.1 Å². The standard InChI is InChI=1S/C11H15N3O4S/c12-9-4-5-11(10(6-9)14(15)16)19(17,18)13-7-8-2-1-3-8/h4-6,8,13H,1-3,7,12H2. The third kappa shape index (κ3) is 3.02. The number of anilines is 1. The Balaban J connectivity index is 2.25. The molecule has 1 aromatic carbocycles. The van der Waals surface area contributed by atoms with Crippen molar-refractivity contribution in [2.24, 2.45) is 5.92 Å². The van der Waals surface area contributed by atoms with Crippen molar-refractivity contribution in [1.82, 2.24) is 4.72 Å². The molecular weight excluding hydrogens is 270 g/mol. The van der Waals surface area contributed by atoms with Crippen molar-refractivity contribution in [2.45, 2.75) is 24.2 Å². The van der Waals surface area contributed by atoms with E-state index in [0.29, 0.717) is 12.5 Å². The van der Waals surface area contributed by atoms with Crippen molar-refractivity contribution >= 4 is 21.4 Å². The van der Waals surface area contributed by atoms with Crippen LogP contribution >= 0.6 is 0 Å². The summed E-state index contributed by atoms with van der Waals surface area (Å²) in [5.74, 6) is 0.336. The quantitative estimate of drug-likeness (QED) is 0.480. The summed E-state index contributed by atoms with van der Waals surface area (Å²) in [6.07, 6.45) is 3.09. The lowest BCUT2D eigenvalue weighted by Crippen LogP contribution is -2.32. The lowest BCUT2D eigenvalue weighted by atomic mass is 9.86. The minimum absolute atomic E-state index is 0.157. The second kappa shape index (κ2) is 5.14. The second-order valence-corrected chi connectivity index (χ2v) is 6.37. The lowest BCUT2D eigenvalue weighted by Gasteiger charge is -2.25. The molecule has 0 heterocycles. The van der Waals surface area contributed by atoms with Gasteiger partial charge in [-0.25, -0.2) is 13.1 Å². The molecule has 1 aromatic rings. The van der Waals surface area contributed by atoms with Gasteiger partial charge in [-0.1, -0.05) is 6.42 Å². The first-order valence-electron chi connectivity index (χ1n) is 5.94. The molecule has 3 N–H and O–H groups in total. The first-order valence-corrected chi connectivity index (χ1v) is 7.42. The fourth-order valence-corrected chi connectivity index (χ4v) is 3.17. The number of nitrogen functional groups attached to an aromatic ring is 1. The van der Waals surface area contributed by atoms with Crippen LogP contribution < -0.4 is 10.5 Å². The topological polar surface area (TPSA) is 115 Å². The van der Waals surface area contributed by atoms with E-state index in [1.165, 1.54) is 6.07 Å². The molecule has 8 heteroatoms. The zero-order valence-electron chi connectivity index (χ0n) is 10.2. The van der Waals surface area contributed by atoms with E-state index < -0.39 is 20.6 Å². The van der Waals surface area contributed by atoms with Crippen molar-refractivity contribution in [3.63, 3.8) is 0 Å². The number of nitro benzene ring substituents is 1. The van der Waals surface area contributed by atoms with Gasteiger partial charge in [0, 0.05) is 18.3 Å². The van der Waals surface area contributed by atoms with E-state index in [1.54, 1.807) is 0 Å². The van der Waals surface area contributed by atoms with Gasteiger partial charge in [0.05, 0.1) is 4.92 Å². The van der Waals surface area contributed by atoms with Gasteiger partial charge in [-0.15, -0.1) is 0 Å². The lowest BCUT2D eigenvalue weighted by molar-refractivity contribution is -0.387. The maximum atomic E-state index is 12.1. The molecule has 104 valence electrons. The molecule has 0 saturated heterocycles. The Kier molecular flexibility index (Phi) is 3.72. The molecule has 0 unspecified atom stereocenters. The number of benzene rings is 1. The van der Waals surface area contributed by atoms with Gasteiger partial charge in [0.2, 0.25) is 10.0 Å². The summed E-state index contributed by atoms with van der Waals surface area (Å²) in [5, 5.41) is 10.9. The van der Waals surface area contributed by atoms with Crippen LogP contribution in [-0.2, 0) is 10.0 Å². The summed E-state index contributed by atoms with van der Waals surface area (Å²) < 4.78 is 26.5. The van der Waals surface area contributed by atoms with Crippen LogP contribution in [-0.4, -0.2) is 19.9 Å². The average Bonchev–Trinajstić information content (AvgIpc) is 2.26. The SMILES string of the molecule is Nc1ccc(S(=O)(=O)NCC2CCC2)c([N+](=O)[O-])c1. The first-order chi connectivity index (χ1) is 8.90. The number of hydrogen-bond acceptors (Lipinski definition) is 5. The Labute approximate surface area is 111 Å². The minimum atomic E-state index is -3.87. The fourth-order valence-electron chi connectivity index (χ4n) is 1.91. The van der Waals surface area contributed by atoms with E-state index in [1.807, 2.05) is 0 Å². The summed E-state index contributed by atoms with van der Waals surface area (Å²) in [4.78, 5) is 9.80. The minimum Gasteiger partial charge on any atom is -0.399 e. The summed E-state index contributed by atoms with van der Waals surface area (Å²) in [6.45, 7) is 0.323. The van der Waals surface area contributed by atoms with Crippen molar-refractivity contribution in [1.29, 1.82) is 0 Å².